The normalized spacial score (nSPS) is 13.5. The van der Waals surface area contributed by atoms with Gasteiger partial charge in [-0.1, -0.05) is 6.92 Å². The summed E-state index contributed by atoms with van der Waals surface area (Å²) < 4.78 is 0. The summed E-state index contributed by atoms with van der Waals surface area (Å²) in [5, 5.41) is 13.9. The van der Waals surface area contributed by atoms with Gasteiger partial charge in [-0.3, -0.25) is 9.59 Å². The van der Waals surface area contributed by atoms with Crippen molar-refractivity contribution in [3.8, 4) is 0 Å². The van der Waals surface area contributed by atoms with Gasteiger partial charge in [0.15, 0.2) is 0 Å². The van der Waals surface area contributed by atoms with E-state index in [1.165, 1.54) is 18.7 Å². The van der Waals surface area contributed by atoms with Crippen molar-refractivity contribution < 1.29 is 19.5 Å². The van der Waals surface area contributed by atoms with Crippen LogP contribution in [0.25, 0.3) is 0 Å². The average Bonchev–Trinajstić information content (AvgIpc) is 2.26. The van der Waals surface area contributed by atoms with Gasteiger partial charge in [-0.05, 0) is 13.3 Å². The third kappa shape index (κ3) is 7.94. The molecule has 0 aliphatic heterocycles. The zero-order chi connectivity index (χ0) is 14.1. The van der Waals surface area contributed by atoms with E-state index < -0.39 is 17.9 Å². The van der Waals surface area contributed by atoms with E-state index in [1.807, 2.05) is 13.8 Å². The van der Waals surface area contributed by atoms with Gasteiger partial charge in [0.25, 0.3) is 0 Å². The number of aliphatic carboxylic acids is 1. The molecule has 0 saturated heterocycles. The summed E-state index contributed by atoms with van der Waals surface area (Å²) in [4.78, 5) is 33.0. The molecule has 2 unspecified atom stereocenters. The zero-order valence-electron chi connectivity index (χ0n) is 10.9. The highest BCUT2D eigenvalue weighted by Gasteiger charge is 2.18. The lowest BCUT2D eigenvalue weighted by molar-refractivity contribution is -0.140. The van der Waals surface area contributed by atoms with E-state index in [0.717, 1.165) is 6.42 Å². The van der Waals surface area contributed by atoms with Crippen LogP contribution in [-0.2, 0) is 14.4 Å². The molecule has 0 rings (SSSR count). The Morgan fingerprint density at radius 3 is 2.33 bits per heavy atom. The maximum absolute atomic E-state index is 11.4. The highest BCUT2D eigenvalue weighted by Crippen LogP contribution is 2.04. The molecule has 2 amide bonds. The van der Waals surface area contributed by atoms with Crippen molar-refractivity contribution in [3.63, 3.8) is 0 Å². The minimum absolute atomic E-state index is 0.115. The number of carbonyl (C=O) groups is 3. The first-order valence-corrected chi connectivity index (χ1v) is 6.89. The summed E-state index contributed by atoms with van der Waals surface area (Å²) in [6.07, 6.45) is 0.847. The van der Waals surface area contributed by atoms with Crippen molar-refractivity contribution in [1.29, 1.82) is 0 Å². The van der Waals surface area contributed by atoms with E-state index >= 15 is 0 Å². The van der Waals surface area contributed by atoms with Gasteiger partial charge < -0.3 is 15.7 Å². The van der Waals surface area contributed by atoms with Crippen LogP contribution >= 0.6 is 11.8 Å². The number of rotatable bonds is 8. The molecule has 104 valence electrons. The van der Waals surface area contributed by atoms with Crippen LogP contribution < -0.4 is 10.6 Å². The Bertz CT molecular complexity index is 309. The summed E-state index contributed by atoms with van der Waals surface area (Å²) >= 11 is 1.18. The van der Waals surface area contributed by atoms with Crippen molar-refractivity contribution in [2.75, 3.05) is 11.5 Å². The van der Waals surface area contributed by atoms with Crippen LogP contribution in [0.4, 0.5) is 0 Å². The first kappa shape index (κ1) is 16.8. The van der Waals surface area contributed by atoms with Crippen LogP contribution in [-0.4, -0.2) is 46.5 Å². The summed E-state index contributed by atoms with van der Waals surface area (Å²) in [5.41, 5.74) is 0. The van der Waals surface area contributed by atoms with Crippen LogP contribution in [0.3, 0.4) is 0 Å². The molecule has 6 nitrogen and oxygen atoms in total. The van der Waals surface area contributed by atoms with Gasteiger partial charge in [-0.15, -0.1) is 11.8 Å². The van der Waals surface area contributed by atoms with Crippen LogP contribution in [0.1, 0.15) is 27.2 Å². The molecule has 0 aromatic rings. The second kappa shape index (κ2) is 8.79. The van der Waals surface area contributed by atoms with Gasteiger partial charge in [-0.25, -0.2) is 4.79 Å². The molecule has 0 fully saturated rings. The molecule has 7 heteroatoms. The van der Waals surface area contributed by atoms with Crippen molar-refractivity contribution in [1.82, 2.24) is 10.6 Å². The maximum atomic E-state index is 11.4. The van der Waals surface area contributed by atoms with E-state index in [2.05, 4.69) is 10.6 Å². The van der Waals surface area contributed by atoms with E-state index in [4.69, 9.17) is 5.11 Å². The fourth-order valence-electron chi connectivity index (χ4n) is 1.11. The third-order valence-electron chi connectivity index (χ3n) is 2.21. The molecule has 0 radical (unpaired) electrons. The number of thioether (sulfide) groups is 1. The summed E-state index contributed by atoms with van der Waals surface area (Å²) in [6, 6.07) is -0.840. The molecule has 3 N–H and O–H groups in total. The van der Waals surface area contributed by atoms with Gasteiger partial charge in [0.1, 0.15) is 6.04 Å². The SMILES string of the molecule is CCC(C)NC(=O)CSCC(NC(C)=O)C(=O)O. The molecule has 0 aromatic carbocycles. The second-order valence-corrected chi connectivity index (χ2v) is 5.01. The number of amides is 2. The van der Waals surface area contributed by atoms with Crippen molar-refractivity contribution >= 4 is 29.5 Å². The summed E-state index contributed by atoms with van der Waals surface area (Å²) in [5.74, 6) is -1.26. The molecule has 0 bridgehead atoms. The Labute approximate surface area is 111 Å². The number of nitrogens with one attached hydrogen (secondary N) is 2. The minimum atomic E-state index is -1.10. The van der Waals surface area contributed by atoms with Gasteiger partial charge in [-0.2, -0.15) is 0 Å². The Morgan fingerprint density at radius 1 is 1.28 bits per heavy atom. The quantitative estimate of drug-likeness (QED) is 0.589. The molecule has 0 aromatic heterocycles. The van der Waals surface area contributed by atoms with Crippen LogP contribution in [0.2, 0.25) is 0 Å². The Hall–Kier alpha value is -1.24. The van der Waals surface area contributed by atoms with Gasteiger partial charge >= 0.3 is 5.97 Å². The van der Waals surface area contributed by atoms with Gasteiger partial charge in [0.05, 0.1) is 5.75 Å². The number of carbonyl (C=O) groups excluding carboxylic acids is 2. The molecule has 18 heavy (non-hydrogen) atoms. The first-order chi connectivity index (χ1) is 8.36. The molecule has 0 saturated carbocycles. The molecule has 0 aliphatic rings. The molecule has 2 atom stereocenters. The van der Waals surface area contributed by atoms with Gasteiger partial charge in [0, 0.05) is 18.7 Å². The van der Waals surface area contributed by atoms with Crippen molar-refractivity contribution in [3.05, 3.63) is 0 Å². The smallest absolute Gasteiger partial charge is 0.327 e. The Morgan fingerprint density at radius 2 is 1.89 bits per heavy atom. The lowest BCUT2D eigenvalue weighted by Crippen LogP contribution is -2.42. The number of hydrogen-bond donors (Lipinski definition) is 3. The summed E-state index contributed by atoms with van der Waals surface area (Å²) in [6.45, 7) is 5.13. The lowest BCUT2D eigenvalue weighted by atomic mass is 10.3. The largest absolute Gasteiger partial charge is 0.480 e. The van der Waals surface area contributed by atoms with Gasteiger partial charge in [0.2, 0.25) is 11.8 Å². The number of carboxylic acid groups (broad SMARTS) is 1. The fraction of sp³-hybridized carbons (Fsp3) is 0.727. The Kier molecular flexibility index (Phi) is 8.19. The monoisotopic (exact) mass is 276 g/mol. The average molecular weight is 276 g/mol. The molecular formula is C11H20N2O4S. The third-order valence-corrected chi connectivity index (χ3v) is 3.25. The van der Waals surface area contributed by atoms with Crippen LogP contribution in [0, 0.1) is 0 Å². The maximum Gasteiger partial charge on any atom is 0.327 e. The minimum Gasteiger partial charge on any atom is -0.480 e. The summed E-state index contributed by atoms with van der Waals surface area (Å²) in [7, 11) is 0. The fourth-order valence-corrected chi connectivity index (χ4v) is 1.96. The van der Waals surface area contributed by atoms with E-state index in [0.29, 0.717) is 0 Å². The predicted molar refractivity (Wildman–Crippen MR) is 70.5 cm³/mol. The van der Waals surface area contributed by atoms with E-state index in [-0.39, 0.29) is 23.5 Å². The zero-order valence-corrected chi connectivity index (χ0v) is 11.7. The highest BCUT2D eigenvalue weighted by molar-refractivity contribution is 8.00. The number of hydrogen-bond acceptors (Lipinski definition) is 4. The predicted octanol–water partition coefficient (Wildman–Crippen LogP) is 0.224. The molecule has 0 heterocycles. The molecule has 0 aliphatic carbocycles. The lowest BCUT2D eigenvalue weighted by Gasteiger charge is -2.14. The molecular weight excluding hydrogens is 256 g/mol. The van der Waals surface area contributed by atoms with Crippen LogP contribution in [0.15, 0.2) is 0 Å². The van der Waals surface area contributed by atoms with Crippen LogP contribution in [0.5, 0.6) is 0 Å². The van der Waals surface area contributed by atoms with E-state index in [9.17, 15) is 14.4 Å². The highest BCUT2D eigenvalue weighted by atomic mass is 32.2. The standard InChI is InChI=1S/C11H20N2O4S/c1-4-7(2)12-10(15)6-18-5-9(11(16)17)13-8(3)14/h7,9H,4-6H2,1-3H3,(H,12,15)(H,13,14)(H,16,17). The number of carboxylic acids is 1. The Balaban J connectivity index is 3.95. The van der Waals surface area contributed by atoms with E-state index in [1.54, 1.807) is 0 Å². The van der Waals surface area contributed by atoms with Crippen molar-refractivity contribution in [2.24, 2.45) is 0 Å². The molecule has 0 spiro atoms. The topological polar surface area (TPSA) is 95.5 Å². The first-order valence-electron chi connectivity index (χ1n) is 5.73. The van der Waals surface area contributed by atoms with Crippen molar-refractivity contribution in [2.45, 2.75) is 39.3 Å². The second-order valence-electron chi connectivity index (χ2n) is 3.98.